The molecule has 0 saturated carbocycles. The highest BCUT2D eigenvalue weighted by molar-refractivity contribution is 5.95. The van der Waals surface area contributed by atoms with Gasteiger partial charge in [0.25, 0.3) is 5.91 Å². The number of nitrogens with one attached hydrogen (secondary N) is 1. The first-order valence-electron chi connectivity index (χ1n) is 12.8. The fourth-order valence-electron chi connectivity index (χ4n) is 4.44. The van der Waals surface area contributed by atoms with E-state index in [2.05, 4.69) is 16.4 Å². The largest absolute Gasteiger partial charge is 0.491 e. The summed E-state index contributed by atoms with van der Waals surface area (Å²) in [5, 5.41) is 32.0. The maximum atomic E-state index is 12.8. The van der Waals surface area contributed by atoms with Gasteiger partial charge in [-0.05, 0) is 35.9 Å². The van der Waals surface area contributed by atoms with Gasteiger partial charge in [0.15, 0.2) is 5.58 Å². The Labute approximate surface area is 226 Å². The molecule has 1 saturated heterocycles. The molecule has 4 aromatic rings. The lowest BCUT2D eigenvalue weighted by molar-refractivity contribution is 0.0286. The number of benzene rings is 2. The molecule has 0 bridgehead atoms. The molecule has 1 fully saturated rings. The summed E-state index contributed by atoms with van der Waals surface area (Å²) in [6, 6.07) is 18.5. The normalized spacial score (nSPS) is 13.8. The molecule has 1 aliphatic heterocycles. The number of hydrogen-bond acceptors (Lipinski definition) is 8. The molecule has 0 spiro atoms. The van der Waals surface area contributed by atoms with E-state index >= 15 is 0 Å². The van der Waals surface area contributed by atoms with Crippen LogP contribution in [-0.2, 0) is 0 Å². The fraction of sp³-hybridized carbons (Fsp3) is 0.300. The van der Waals surface area contributed by atoms with Gasteiger partial charge in [0.1, 0.15) is 23.1 Å². The van der Waals surface area contributed by atoms with E-state index in [1.54, 1.807) is 25.3 Å². The van der Waals surface area contributed by atoms with E-state index in [4.69, 9.17) is 9.15 Å². The van der Waals surface area contributed by atoms with E-state index in [0.717, 1.165) is 29.8 Å². The molecule has 39 heavy (non-hydrogen) atoms. The van der Waals surface area contributed by atoms with Gasteiger partial charge in [-0.2, -0.15) is 5.26 Å². The minimum absolute atomic E-state index is 0.0229. The van der Waals surface area contributed by atoms with Gasteiger partial charge >= 0.3 is 0 Å². The van der Waals surface area contributed by atoms with Crippen molar-refractivity contribution in [2.45, 2.75) is 6.92 Å². The Morgan fingerprint density at radius 3 is 2.51 bits per heavy atom. The van der Waals surface area contributed by atoms with Crippen molar-refractivity contribution >= 4 is 17.0 Å². The number of pyridine rings is 1. The molecule has 200 valence electrons. The van der Waals surface area contributed by atoms with Gasteiger partial charge in [0.05, 0.1) is 25.4 Å². The molecule has 9 nitrogen and oxygen atoms in total. The zero-order valence-electron chi connectivity index (χ0n) is 21.7. The van der Waals surface area contributed by atoms with Crippen LogP contribution < -0.4 is 10.1 Å². The number of furan rings is 1. The molecule has 3 N–H and O–H groups in total. The molecule has 0 unspecified atom stereocenters. The van der Waals surface area contributed by atoms with Crippen LogP contribution in [0.3, 0.4) is 0 Å². The number of fused-ring (bicyclic) bond motifs is 1. The minimum atomic E-state index is -0.816. The standard InChI is InChI=1S/C30H30N4O5/c1-30(17-35,18-36)19-38-26-7-6-22(14-23(26)16-31)24-8-9-33-25-15-27(39-28(24)25)20-2-4-21(5-3-20)29(37)34-12-10-32-11-13-34/h2-9,14-15,32,35-36H,10-13,17-19H2,1H3. The molecule has 0 aliphatic carbocycles. The van der Waals surface area contributed by atoms with Gasteiger partial charge in [-0.25, -0.2) is 0 Å². The van der Waals surface area contributed by atoms with Gasteiger partial charge in [0, 0.05) is 60.5 Å². The fourth-order valence-corrected chi connectivity index (χ4v) is 4.44. The number of carbonyl (C=O) groups is 1. The van der Waals surface area contributed by atoms with Crippen molar-refractivity contribution in [3.63, 3.8) is 0 Å². The van der Waals surface area contributed by atoms with E-state index in [0.29, 0.717) is 46.8 Å². The first kappa shape index (κ1) is 26.4. The number of hydrogen-bond donors (Lipinski definition) is 3. The Bertz CT molecular complexity index is 1510. The van der Waals surface area contributed by atoms with Crippen molar-refractivity contribution in [2.75, 3.05) is 46.0 Å². The van der Waals surface area contributed by atoms with E-state index in [1.165, 1.54) is 0 Å². The van der Waals surface area contributed by atoms with E-state index in [-0.39, 0.29) is 25.7 Å². The molecule has 9 heteroatoms. The number of nitrogens with zero attached hydrogens (tertiary/aromatic N) is 3. The van der Waals surface area contributed by atoms with Crippen molar-refractivity contribution in [1.82, 2.24) is 15.2 Å². The highest BCUT2D eigenvalue weighted by atomic mass is 16.5. The molecule has 3 heterocycles. The first-order valence-corrected chi connectivity index (χ1v) is 12.8. The molecule has 2 aromatic carbocycles. The summed E-state index contributed by atoms with van der Waals surface area (Å²) >= 11 is 0. The second-order valence-corrected chi connectivity index (χ2v) is 10.0. The van der Waals surface area contributed by atoms with Crippen LogP contribution in [0.25, 0.3) is 33.6 Å². The highest BCUT2D eigenvalue weighted by Gasteiger charge is 2.24. The Morgan fingerprint density at radius 2 is 1.82 bits per heavy atom. The Morgan fingerprint density at radius 1 is 1.10 bits per heavy atom. The number of rotatable bonds is 8. The average Bonchev–Trinajstić information content (AvgIpc) is 3.44. The predicted molar refractivity (Wildman–Crippen MR) is 146 cm³/mol. The van der Waals surface area contributed by atoms with Crippen molar-refractivity contribution in [3.8, 4) is 34.3 Å². The third kappa shape index (κ3) is 5.49. The second-order valence-electron chi connectivity index (χ2n) is 10.0. The maximum absolute atomic E-state index is 12.8. The average molecular weight is 527 g/mol. The van der Waals surface area contributed by atoms with Crippen LogP contribution in [0.15, 0.2) is 65.2 Å². The van der Waals surface area contributed by atoms with Crippen molar-refractivity contribution in [2.24, 2.45) is 5.41 Å². The quantitative estimate of drug-likeness (QED) is 0.318. The monoisotopic (exact) mass is 526 g/mol. The zero-order valence-corrected chi connectivity index (χ0v) is 21.7. The van der Waals surface area contributed by atoms with Crippen LogP contribution in [-0.4, -0.2) is 72.0 Å². The van der Waals surface area contributed by atoms with Crippen LogP contribution >= 0.6 is 0 Å². The van der Waals surface area contributed by atoms with Gasteiger partial charge < -0.3 is 29.6 Å². The number of ether oxygens (including phenoxy) is 1. The van der Waals surface area contributed by atoms with Crippen LogP contribution in [0.4, 0.5) is 0 Å². The number of piperazine rings is 1. The maximum Gasteiger partial charge on any atom is 0.253 e. The van der Waals surface area contributed by atoms with Gasteiger partial charge in [-0.3, -0.25) is 9.78 Å². The predicted octanol–water partition coefficient (Wildman–Crippen LogP) is 3.45. The van der Waals surface area contributed by atoms with Crippen LogP contribution in [0.5, 0.6) is 5.75 Å². The van der Waals surface area contributed by atoms with Crippen molar-refractivity contribution < 1.29 is 24.2 Å². The third-order valence-electron chi connectivity index (χ3n) is 6.98. The number of amides is 1. The second kappa shape index (κ2) is 11.3. The summed E-state index contributed by atoms with van der Waals surface area (Å²) in [7, 11) is 0. The smallest absolute Gasteiger partial charge is 0.253 e. The number of aliphatic hydroxyl groups is 2. The summed E-state index contributed by atoms with van der Waals surface area (Å²) < 4.78 is 12.0. The third-order valence-corrected chi connectivity index (χ3v) is 6.98. The minimum Gasteiger partial charge on any atom is -0.491 e. The van der Waals surface area contributed by atoms with E-state index < -0.39 is 5.41 Å². The molecule has 1 amide bonds. The SMILES string of the molecule is CC(CO)(CO)COc1ccc(-c2ccnc3cc(-c4ccc(C(=O)N5CCNCC5)cc4)oc23)cc1C#N. The van der Waals surface area contributed by atoms with Crippen LogP contribution in [0, 0.1) is 16.7 Å². The zero-order chi connectivity index (χ0) is 27.4. The molecule has 0 atom stereocenters. The lowest BCUT2D eigenvalue weighted by atomic mass is 9.94. The Balaban J connectivity index is 1.40. The van der Waals surface area contributed by atoms with Crippen LogP contribution in [0.1, 0.15) is 22.8 Å². The summed E-state index contributed by atoms with van der Waals surface area (Å²) in [6.07, 6.45) is 1.69. The van der Waals surface area contributed by atoms with Gasteiger partial charge in [-0.15, -0.1) is 0 Å². The first-order chi connectivity index (χ1) is 18.9. The molecule has 0 radical (unpaired) electrons. The highest BCUT2D eigenvalue weighted by Crippen LogP contribution is 2.35. The van der Waals surface area contributed by atoms with Crippen LogP contribution in [0.2, 0.25) is 0 Å². The van der Waals surface area contributed by atoms with Crippen molar-refractivity contribution in [1.29, 1.82) is 5.26 Å². The van der Waals surface area contributed by atoms with E-state index in [1.807, 2.05) is 47.4 Å². The van der Waals surface area contributed by atoms with Gasteiger partial charge in [0.2, 0.25) is 0 Å². The Kier molecular flexibility index (Phi) is 7.61. The topological polar surface area (TPSA) is 132 Å². The summed E-state index contributed by atoms with van der Waals surface area (Å²) in [6.45, 7) is 4.28. The number of aliphatic hydroxyl groups excluding tert-OH is 2. The summed E-state index contributed by atoms with van der Waals surface area (Å²) in [4.78, 5) is 19.1. The summed E-state index contributed by atoms with van der Waals surface area (Å²) in [5.74, 6) is 1.02. The summed E-state index contributed by atoms with van der Waals surface area (Å²) in [5.41, 5.74) is 3.76. The van der Waals surface area contributed by atoms with Crippen molar-refractivity contribution in [3.05, 3.63) is 71.9 Å². The number of aromatic nitrogens is 1. The number of nitriles is 1. The number of carbonyl (C=O) groups excluding carboxylic acids is 1. The van der Waals surface area contributed by atoms with Gasteiger partial charge in [-0.1, -0.05) is 25.1 Å². The molecule has 5 rings (SSSR count). The molecule has 1 aliphatic rings. The Hall–Kier alpha value is -4.23. The molecular weight excluding hydrogens is 496 g/mol. The molecule has 2 aromatic heterocycles. The van der Waals surface area contributed by atoms with E-state index in [9.17, 15) is 20.3 Å². The lowest BCUT2D eigenvalue weighted by Gasteiger charge is -2.27. The lowest BCUT2D eigenvalue weighted by Crippen LogP contribution is -2.46. The molecular formula is C30H30N4O5.